The van der Waals surface area contributed by atoms with Crippen LogP contribution in [0.25, 0.3) is 10.8 Å². The summed E-state index contributed by atoms with van der Waals surface area (Å²) in [4.78, 5) is 10.5. The van der Waals surface area contributed by atoms with Crippen LogP contribution in [0.4, 0.5) is 0 Å². The third-order valence-corrected chi connectivity index (χ3v) is 2.25. The lowest BCUT2D eigenvalue weighted by molar-refractivity contribution is -0.113. The summed E-state index contributed by atoms with van der Waals surface area (Å²) in [5.74, 6) is 0.757. The standard InChI is InChI=1S/C13H12O2/c1-10(9-14)15-13-8-4-6-11-5-2-3-7-12(11)13/h2-10H,1H3. The fourth-order valence-electron chi connectivity index (χ4n) is 1.53. The number of ether oxygens (including phenoxy) is 1. The van der Waals surface area contributed by atoms with Gasteiger partial charge in [-0.3, -0.25) is 4.79 Å². The fraction of sp³-hybridized carbons (Fsp3) is 0.154. The van der Waals surface area contributed by atoms with Crippen LogP contribution < -0.4 is 4.74 Å². The van der Waals surface area contributed by atoms with Gasteiger partial charge in [-0.2, -0.15) is 0 Å². The van der Waals surface area contributed by atoms with Crippen molar-refractivity contribution in [1.29, 1.82) is 0 Å². The molecule has 2 aromatic rings. The molecule has 0 heterocycles. The molecule has 2 heteroatoms. The average Bonchev–Trinajstić information content (AvgIpc) is 2.29. The normalized spacial score (nSPS) is 12.3. The van der Waals surface area contributed by atoms with E-state index in [2.05, 4.69) is 0 Å². The van der Waals surface area contributed by atoms with Crippen molar-refractivity contribution < 1.29 is 9.53 Å². The van der Waals surface area contributed by atoms with Crippen molar-refractivity contribution in [2.75, 3.05) is 0 Å². The Kier molecular flexibility index (Phi) is 2.68. The molecule has 0 amide bonds. The molecule has 0 N–H and O–H groups in total. The number of hydrogen-bond donors (Lipinski definition) is 0. The highest BCUT2D eigenvalue weighted by atomic mass is 16.5. The molecule has 0 aromatic heterocycles. The van der Waals surface area contributed by atoms with Gasteiger partial charge in [0.2, 0.25) is 0 Å². The molecular weight excluding hydrogens is 188 g/mol. The van der Waals surface area contributed by atoms with Crippen LogP contribution in [0.3, 0.4) is 0 Å². The molecule has 0 aliphatic carbocycles. The first kappa shape index (κ1) is 9.71. The molecule has 0 fully saturated rings. The minimum Gasteiger partial charge on any atom is -0.483 e. The molecule has 2 nitrogen and oxygen atoms in total. The SMILES string of the molecule is CC(C=O)Oc1cccc2ccccc12. The van der Waals surface area contributed by atoms with Crippen LogP contribution in [0.5, 0.6) is 5.75 Å². The maximum Gasteiger partial charge on any atom is 0.160 e. The lowest BCUT2D eigenvalue weighted by Crippen LogP contribution is -2.12. The minimum atomic E-state index is -0.407. The van der Waals surface area contributed by atoms with Crippen LogP contribution in [-0.2, 0) is 4.79 Å². The van der Waals surface area contributed by atoms with Crippen molar-refractivity contribution in [2.45, 2.75) is 13.0 Å². The zero-order valence-corrected chi connectivity index (χ0v) is 8.51. The molecule has 1 atom stereocenters. The first-order valence-electron chi connectivity index (χ1n) is 4.91. The minimum absolute atomic E-state index is 0.407. The Bertz CT molecular complexity index is 471. The van der Waals surface area contributed by atoms with Crippen molar-refractivity contribution in [3.05, 3.63) is 42.5 Å². The molecule has 0 bridgehead atoms. The number of carbonyl (C=O) groups excluding carboxylic acids is 1. The van der Waals surface area contributed by atoms with E-state index in [0.717, 1.165) is 22.8 Å². The second-order valence-corrected chi connectivity index (χ2v) is 3.44. The molecule has 0 aliphatic rings. The van der Waals surface area contributed by atoms with Gasteiger partial charge in [-0.25, -0.2) is 0 Å². The quantitative estimate of drug-likeness (QED) is 0.712. The summed E-state index contributed by atoms with van der Waals surface area (Å²) in [6, 6.07) is 13.8. The van der Waals surface area contributed by atoms with E-state index in [4.69, 9.17) is 4.74 Å². The van der Waals surface area contributed by atoms with Gasteiger partial charge < -0.3 is 4.74 Å². The van der Waals surface area contributed by atoms with E-state index in [0.29, 0.717) is 0 Å². The summed E-state index contributed by atoms with van der Waals surface area (Å²) in [6.07, 6.45) is 0.387. The first-order valence-corrected chi connectivity index (χ1v) is 4.91. The predicted octanol–water partition coefficient (Wildman–Crippen LogP) is 2.81. The Hall–Kier alpha value is -1.83. The van der Waals surface area contributed by atoms with Gasteiger partial charge in [-0.1, -0.05) is 36.4 Å². The van der Waals surface area contributed by atoms with Crippen molar-refractivity contribution >= 4 is 17.1 Å². The number of aldehydes is 1. The largest absolute Gasteiger partial charge is 0.483 e. The summed E-state index contributed by atoms with van der Waals surface area (Å²) in [5.41, 5.74) is 0. The summed E-state index contributed by atoms with van der Waals surface area (Å²) in [7, 11) is 0. The van der Waals surface area contributed by atoms with Gasteiger partial charge in [0.05, 0.1) is 0 Å². The summed E-state index contributed by atoms with van der Waals surface area (Å²) in [6.45, 7) is 1.73. The molecule has 1 unspecified atom stereocenters. The summed E-state index contributed by atoms with van der Waals surface area (Å²) in [5, 5.41) is 2.15. The molecule has 2 rings (SSSR count). The average molecular weight is 200 g/mol. The third kappa shape index (κ3) is 1.99. The molecule has 0 spiro atoms. The lowest BCUT2D eigenvalue weighted by Gasteiger charge is -2.10. The predicted molar refractivity (Wildman–Crippen MR) is 60.1 cm³/mol. The number of fused-ring (bicyclic) bond motifs is 1. The van der Waals surface area contributed by atoms with Gasteiger partial charge >= 0.3 is 0 Å². The molecule has 0 saturated heterocycles. The number of rotatable bonds is 3. The Labute approximate surface area is 88.5 Å². The van der Waals surface area contributed by atoms with E-state index in [-0.39, 0.29) is 0 Å². The number of hydrogen-bond acceptors (Lipinski definition) is 2. The van der Waals surface area contributed by atoms with Crippen LogP contribution in [0.2, 0.25) is 0 Å². The highest BCUT2D eigenvalue weighted by molar-refractivity contribution is 5.88. The zero-order valence-electron chi connectivity index (χ0n) is 8.51. The van der Waals surface area contributed by atoms with E-state index in [1.165, 1.54) is 0 Å². The second-order valence-electron chi connectivity index (χ2n) is 3.44. The van der Waals surface area contributed by atoms with Crippen molar-refractivity contribution in [1.82, 2.24) is 0 Å². The van der Waals surface area contributed by atoms with Gasteiger partial charge in [0, 0.05) is 5.39 Å². The number of benzene rings is 2. The molecule has 76 valence electrons. The fourth-order valence-corrected chi connectivity index (χ4v) is 1.53. The zero-order chi connectivity index (χ0) is 10.7. The van der Waals surface area contributed by atoms with E-state index in [1.54, 1.807) is 6.92 Å². The molecule has 0 aliphatic heterocycles. The topological polar surface area (TPSA) is 26.3 Å². The Morgan fingerprint density at radius 2 is 1.87 bits per heavy atom. The summed E-state index contributed by atoms with van der Waals surface area (Å²) < 4.78 is 5.51. The van der Waals surface area contributed by atoms with Crippen LogP contribution in [0.15, 0.2) is 42.5 Å². The van der Waals surface area contributed by atoms with Crippen LogP contribution in [0, 0.1) is 0 Å². The van der Waals surface area contributed by atoms with Gasteiger partial charge in [0.25, 0.3) is 0 Å². The van der Waals surface area contributed by atoms with Crippen LogP contribution in [-0.4, -0.2) is 12.4 Å². The van der Waals surface area contributed by atoms with Crippen molar-refractivity contribution in [3.63, 3.8) is 0 Å². The molecule has 0 radical (unpaired) electrons. The Morgan fingerprint density at radius 3 is 2.67 bits per heavy atom. The summed E-state index contributed by atoms with van der Waals surface area (Å²) >= 11 is 0. The van der Waals surface area contributed by atoms with E-state index >= 15 is 0 Å². The first-order chi connectivity index (χ1) is 7.31. The molecule has 2 aromatic carbocycles. The highest BCUT2D eigenvalue weighted by Gasteiger charge is 2.04. The molecule has 0 saturated carbocycles. The van der Waals surface area contributed by atoms with Crippen molar-refractivity contribution in [3.8, 4) is 5.75 Å². The molecular formula is C13H12O2. The Balaban J connectivity index is 2.46. The lowest BCUT2D eigenvalue weighted by atomic mass is 10.1. The van der Waals surface area contributed by atoms with Gasteiger partial charge in [-0.05, 0) is 18.4 Å². The van der Waals surface area contributed by atoms with Gasteiger partial charge in [0.15, 0.2) is 12.4 Å². The van der Waals surface area contributed by atoms with E-state index < -0.39 is 6.10 Å². The van der Waals surface area contributed by atoms with E-state index in [1.807, 2.05) is 42.5 Å². The van der Waals surface area contributed by atoms with Crippen LogP contribution in [0.1, 0.15) is 6.92 Å². The Morgan fingerprint density at radius 1 is 1.13 bits per heavy atom. The number of carbonyl (C=O) groups is 1. The van der Waals surface area contributed by atoms with E-state index in [9.17, 15) is 4.79 Å². The molecule has 15 heavy (non-hydrogen) atoms. The monoisotopic (exact) mass is 200 g/mol. The third-order valence-electron chi connectivity index (χ3n) is 2.25. The maximum atomic E-state index is 10.5. The maximum absolute atomic E-state index is 10.5. The smallest absolute Gasteiger partial charge is 0.160 e. The second kappa shape index (κ2) is 4.13. The van der Waals surface area contributed by atoms with Crippen LogP contribution >= 0.6 is 0 Å². The van der Waals surface area contributed by atoms with Gasteiger partial charge in [-0.15, -0.1) is 0 Å². The van der Waals surface area contributed by atoms with Crippen molar-refractivity contribution in [2.24, 2.45) is 0 Å². The van der Waals surface area contributed by atoms with Gasteiger partial charge in [0.1, 0.15) is 5.75 Å². The highest BCUT2D eigenvalue weighted by Crippen LogP contribution is 2.25.